The minimum Gasteiger partial charge on any atom is -0.394 e. The van der Waals surface area contributed by atoms with Crippen LogP contribution >= 0.6 is 0 Å². The molecule has 0 spiro atoms. The van der Waals surface area contributed by atoms with E-state index < -0.39 is 0 Å². The molecule has 0 aromatic carbocycles. The highest BCUT2D eigenvalue weighted by atomic mass is 16.6. The Balaban J connectivity index is 1.92. The van der Waals surface area contributed by atoms with Gasteiger partial charge in [-0.3, -0.25) is 0 Å². The SMILES string of the molecule is CC(CO)OCC(C)OCC1CO1. The standard InChI is InChI=1S/C9H18O4/c1-7(3-10)11-4-8(2)12-5-9-6-13-9/h7-10H,3-6H2,1-2H3. The zero-order valence-electron chi connectivity index (χ0n) is 8.23. The Kier molecular flexibility index (Phi) is 4.66. The topological polar surface area (TPSA) is 51.2 Å². The third-order valence-electron chi connectivity index (χ3n) is 1.84. The molecule has 3 atom stereocenters. The van der Waals surface area contributed by atoms with Crippen LogP contribution in [0.2, 0.25) is 0 Å². The normalized spacial score (nSPS) is 25.6. The van der Waals surface area contributed by atoms with Crippen LogP contribution in [0.25, 0.3) is 0 Å². The van der Waals surface area contributed by atoms with Crippen molar-refractivity contribution in [1.29, 1.82) is 0 Å². The Morgan fingerprint density at radius 1 is 1.38 bits per heavy atom. The summed E-state index contributed by atoms with van der Waals surface area (Å²) in [5.74, 6) is 0. The summed E-state index contributed by atoms with van der Waals surface area (Å²) in [5, 5.41) is 8.69. The van der Waals surface area contributed by atoms with Crippen LogP contribution in [-0.4, -0.2) is 49.8 Å². The second kappa shape index (κ2) is 5.54. The number of rotatable bonds is 7. The zero-order valence-corrected chi connectivity index (χ0v) is 8.23. The summed E-state index contributed by atoms with van der Waals surface area (Å²) < 4.78 is 15.7. The Morgan fingerprint density at radius 2 is 2.08 bits per heavy atom. The van der Waals surface area contributed by atoms with Crippen molar-refractivity contribution in [1.82, 2.24) is 0 Å². The number of ether oxygens (including phenoxy) is 3. The highest BCUT2D eigenvalue weighted by Gasteiger charge is 2.23. The van der Waals surface area contributed by atoms with Crippen LogP contribution in [0.15, 0.2) is 0 Å². The van der Waals surface area contributed by atoms with E-state index in [1.54, 1.807) is 0 Å². The molecule has 0 aromatic heterocycles. The number of hydrogen-bond acceptors (Lipinski definition) is 4. The summed E-state index contributed by atoms with van der Waals surface area (Å²) >= 11 is 0. The molecule has 3 unspecified atom stereocenters. The minimum atomic E-state index is -0.108. The predicted octanol–water partition coefficient (Wildman–Crippen LogP) is 0.188. The molecule has 0 aliphatic carbocycles. The quantitative estimate of drug-likeness (QED) is 0.582. The molecule has 0 radical (unpaired) electrons. The van der Waals surface area contributed by atoms with Gasteiger partial charge >= 0.3 is 0 Å². The number of aliphatic hydroxyl groups is 1. The molecule has 1 saturated heterocycles. The molecule has 1 rings (SSSR count). The Labute approximate surface area is 78.8 Å². The van der Waals surface area contributed by atoms with Crippen molar-refractivity contribution in [3.63, 3.8) is 0 Å². The Hall–Kier alpha value is -0.160. The van der Waals surface area contributed by atoms with E-state index in [2.05, 4.69) is 0 Å². The maximum atomic E-state index is 8.69. The van der Waals surface area contributed by atoms with Crippen molar-refractivity contribution in [3.8, 4) is 0 Å². The van der Waals surface area contributed by atoms with Gasteiger partial charge < -0.3 is 19.3 Å². The fourth-order valence-electron chi connectivity index (χ4n) is 0.836. The molecule has 1 fully saturated rings. The van der Waals surface area contributed by atoms with E-state index >= 15 is 0 Å². The fourth-order valence-corrected chi connectivity index (χ4v) is 0.836. The van der Waals surface area contributed by atoms with E-state index in [9.17, 15) is 0 Å². The van der Waals surface area contributed by atoms with Gasteiger partial charge in [-0.2, -0.15) is 0 Å². The van der Waals surface area contributed by atoms with Crippen LogP contribution in [0.1, 0.15) is 13.8 Å². The van der Waals surface area contributed by atoms with Gasteiger partial charge in [-0.25, -0.2) is 0 Å². The first-order valence-electron chi connectivity index (χ1n) is 4.68. The summed E-state index contributed by atoms with van der Waals surface area (Å²) in [6.45, 7) is 5.83. The van der Waals surface area contributed by atoms with Crippen molar-refractivity contribution in [3.05, 3.63) is 0 Å². The van der Waals surface area contributed by atoms with Gasteiger partial charge in [-0.15, -0.1) is 0 Å². The van der Waals surface area contributed by atoms with Gasteiger partial charge in [0.05, 0.1) is 38.6 Å². The Bertz CT molecular complexity index is 136. The molecular formula is C9H18O4. The molecular weight excluding hydrogens is 172 g/mol. The first kappa shape index (κ1) is 10.9. The summed E-state index contributed by atoms with van der Waals surface area (Å²) in [7, 11) is 0. The molecule has 13 heavy (non-hydrogen) atoms. The van der Waals surface area contributed by atoms with E-state index in [1.807, 2.05) is 13.8 Å². The number of hydrogen-bond donors (Lipinski definition) is 1. The van der Waals surface area contributed by atoms with Gasteiger partial charge in [0, 0.05) is 0 Å². The lowest BCUT2D eigenvalue weighted by molar-refractivity contribution is -0.0479. The van der Waals surface area contributed by atoms with Crippen LogP contribution < -0.4 is 0 Å². The maximum absolute atomic E-state index is 8.69. The lowest BCUT2D eigenvalue weighted by atomic mass is 10.4. The Morgan fingerprint density at radius 3 is 2.62 bits per heavy atom. The van der Waals surface area contributed by atoms with Gasteiger partial charge in [-0.1, -0.05) is 0 Å². The molecule has 1 N–H and O–H groups in total. The van der Waals surface area contributed by atoms with Crippen molar-refractivity contribution in [2.45, 2.75) is 32.2 Å². The van der Waals surface area contributed by atoms with Crippen LogP contribution in [0, 0.1) is 0 Å². The van der Waals surface area contributed by atoms with E-state index in [4.69, 9.17) is 19.3 Å². The molecule has 0 bridgehead atoms. The minimum absolute atomic E-state index is 0.0540. The van der Waals surface area contributed by atoms with Crippen LogP contribution in [-0.2, 0) is 14.2 Å². The number of epoxide rings is 1. The molecule has 4 heteroatoms. The summed E-state index contributed by atoms with van der Waals surface area (Å²) in [6, 6.07) is 0. The predicted molar refractivity (Wildman–Crippen MR) is 47.7 cm³/mol. The van der Waals surface area contributed by atoms with Gasteiger partial charge in [0.2, 0.25) is 0 Å². The second-order valence-electron chi connectivity index (χ2n) is 3.43. The molecule has 0 saturated carbocycles. The van der Waals surface area contributed by atoms with Crippen molar-refractivity contribution >= 4 is 0 Å². The van der Waals surface area contributed by atoms with Crippen LogP contribution in [0.5, 0.6) is 0 Å². The lowest BCUT2D eigenvalue weighted by Gasteiger charge is -2.15. The van der Waals surface area contributed by atoms with Gasteiger partial charge in [0.25, 0.3) is 0 Å². The smallest absolute Gasteiger partial charge is 0.104 e. The van der Waals surface area contributed by atoms with Crippen molar-refractivity contribution < 1.29 is 19.3 Å². The fraction of sp³-hybridized carbons (Fsp3) is 1.00. The van der Waals surface area contributed by atoms with Gasteiger partial charge in [0.1, 0.15) is 6.10 Å². The highest BCUT2D eigenvalue weighted by Crippen LogP contribution is 2.10. The summed E-state index contributed by atoms with van der Waals surface area (Å²) in [5.41, 5.74) is 0. The summed E-state index contributed by atoms with van der Waals surface area (Å²) in [6.07, 6.45) is 0.263. The third kappa shape index (κ3) is 5.21. The van der Waals surface area contributed by atoms with Crippen LogP contribution in [0.3, 0.4) is 0 Å². The molecule has 4 nitrogen and oxygen atoms in total. The first-order chi connectivity index (χ1) is 6.22. The maximum Gasteiger partial charge on any atom is 0.104 e. The molecule has 1 aliphatic heterocycles. The first-order valence-corrected chi connectivity index (χ1v) is 4.68. The summed E-state index contributed by atoms with van der Waals surface area (Å²) in [4.78, 5) is 0. The van der Waals surface area contributed by atoms with Gasteiger partial charge in [0.15, 0.2) is 0 Å². The molecule has 0 amide bonds. The largest absolute Gasteiger partial charge is 0.394 e. The van der Waals surface area contributed by atoms with E-state index in [-0.39, 0.29) is 18.8 Å². The molecule has 0 aromatic rings. The monoisotopic (exact) mass is 190 g/mol. The van der Waals surface area contributed by atoms with Gasteiger partial charge in [-0.05, 0) is 13.8 Å². The average molecular weight is 190 g/mol. The molecule has 1 heterocycles. The lowest BCUT2D eigenvalue weighted by Crippen LogP contribution is -2.23. The average Bonchev–Trinajstić information content (AvgIpc) is 2.94. The second-order valence-corrected chi connectivity index (χ2v) is 3.43. The highest BCUT2D eigenvalue weighted by molar-refractivity contribution is 4.68. The number of aliphatic hydroxyl groups excluding tert-OH is 1. The van der Waals surface area contributed by atoms with E-state index in [0.29, 0.717) is 19.3 Å². The molecule has 78 valence electrons. The van der Waals surface area contributed by atoms with Crippen LogP contribution in [0.4, 0.5) is 0 Å². The zero-order chi connectivity index (χ0) is 9.68. The van der Waals surface area contributed by atoms with Crippen molar-refractivity contribution in [2.75, 3.05) is 26.4 Å². The van der Waals surface area contributed by atoms with Crippen molar-refractivity contribution in [2.24, 2.45) is 0 Å². The molecule has 1 aliphatic rings. The van der Waals surface area contributed by atoms with E-state index in [1.165, 1.54) is 0 Å². The van der Waals surface area contributed by atoms with E-state index in [0.717, 1.165) is 6.61 Å². The third-order valence-corrected chi connectivity index (χ3v) is 1.84.